The van der Waals surface area contributed by atoms with Gasteiger partial charge in [-0.05, 0) is 44.5 Å². The normalized spacial score (nSPS) is 15.6. The molecule has 0 saturated heterocycles. The van der Waals surface area contributed by atoms with E-state index in [1.807, 2.05) is 24.1 Å². The Balaban J connectivity index is 2.43. The van der Waals surface area contributed by atoms with E-state index < -0.39 is 0 Å². The van der Waals surface area contributed by atoms with E-state index in [1.54, 1.807) is 0 Å². The first-order valence-electron chi connectivity index (χ1n) is 6.79. The van der Waals surface area contributed by atoms with Crippen molar-refractivity contribution in [2.24, 2.45) is 5.73 Å². The van der Waals surface area contributed by atoms with Gasteiger partial charge < -0.3 is 16.0 Å². The standard InChI is InChI=1S/C15H23N3O/c1-15(2,10-17-3)18-13-6-4-11(9-16)8-12(13)5-7-14(18)19/h4,6,8,17H,5,7,9-10,16H2,1-3H3. The molecule has 1 aliphatic heterocycles. The quantitative estimate of drug-likeness (QED) is 0.862. The monoisotopic (exact) mass is 261 g/mol. The maximum Gasteiger partial charge on any atom is 0.227 e. The molecule has 1 aromatic rings. The van der Waals surface area contributed by atoms with Gasteiger partial charge in [0.05, 0.1) is 5.54 Å². The van der Waals surface area contributed by atoms with Gasteiger partial charge in [0.1, 0.15) is 0 Å². The molecule has 0 bridgehead atoms. The molecule has 1 aromatic carbocycles. The number of benzene rings is 1. The molecule has 4 heteroatoms. The van der Waals surface area contributed by atoms with Crippen molar-refractivity contribution < 1.29 is 4.79 Å². The zero-order valence-corrected chi connectivity index (χ0v) is 12.0. The van der Waals surface area contributed by atoms with E-state index in [4.69, 9.17) is 5.73 Å². The van der Waals surface area contributed by atoms with Gasteiger partial charge >= 0.3 is 0 Å². The molecule has 2 rings (SSSR count). The van der Waals surface area contributed by atoms with Crippen LogP contribution < -0.4 is 16.0 Å². The van der Waals surface area contributed by atoms with Crippen LogP contribution in [0.25, 0.3) is 0 Å². The molecular formula is C15H23N3O. The molecule has 4 nitrogen and oxygen atoms in total. The van der Waals surface area contributed by atoms with Crippen LogP contribution in [-0.4, -0.2) is 25.0 Å². The maximum atomic E-state index is 12.3. The molecule has 0 saturated carbocycles. The summed E-state index contributed by atoms with van der Waals surface area (Å²) >= 11 is 0. The Morgan fingerprint density at radius 2 is 2.11 bits per heavy atom. The van der Waals surface area contributed by atoms with Crippen molar-refractivity contribution in [1.29, 1.82) is 0 Å². The first-order chi connectivity index (χ1) is 8.99. The first kappa shape index (κ1) is 14.0. The van der Waals surface area contributed by atoms with Gasteiger partial charge in [-0.15, -0.1) is 0 Å². The summed E-state index contributed by atoms with van der Waals surface area (Å²) < 4.78 is 0. The second-order valence-corrected chi connectivity index (χ2v) is 5.74. The summed E-state index contributed by atoms with van der Waals surface area (Å²) in [6.07, 6.45) is 1.39. The third kappa shape index (κ3) is 2.65. The predicted molar refractivity (Wildman–Crippen MR) is 78.1 cm³/mol. The van der Waals surface area contributed by atoms with Crippen LogP contribution in [0.1, 0.15) is 31.4 Å². The largest absolute Gasteiger partial charge is 0.326 e. The molecule has 0 spiro atoms. The molecule has 104 valence electrons. The minimum Gasteiger partial charge on any atom is -0.326 e. The molecule has 0 atom stereocenters. The summed E-state index contributed by atoms with van der Waals surface area (Å²) in [7, 11) is 1.91. The van der Waals surface area contributed by atoms with Crippen molar-refractivity contribution in [3.63, 3.8) is 0 Å². The number of carbonyl (C=O) groups excluding carboxylic acids is 1. The number of nitrogens with one attached hydrogen (secondary N) is 1. The predicted octanol–water partition coefficient (Wildman–Crippen LogP) is 1.42. The fourth-order valence-electron chi connectivity index (χ4n) is 2.85. The molecule has 0 aliphatic carbocycles. The lowest BCUT2D eigenvalue weighted by molar-refractivity contribution is -0.120. The van der Waals surface area contributed by atoms with Gasteiger partial charge in [-0.3, -0.25) is 4.79 Å². The van der Waals surface area contributed by atoms with E-state index in [0.717, 1.165) is 24.2 Å². The maximum absolute atomic E-state index is 12.3. The molecule has 0 aromatic heterocycles. The van der Waals surface area contributed by atoms with Crippen molar-refractivity contribution in [3.05, 3.63) is 29.3 Å². The van der Waals surface area contributed by atoms with Crippen LogP contribution in [0, 0.1) is 0 Å². The van der Waals surface area contributed by atoms with Crippen molar-refractivity contribution in [1.82, 2.24) is 5.32 Å². The topological polar surface area (TPSA) is 58.4 Å². The summed E-state index contributed by atoms with van der Waals surface area (Å²) in [6, 6.07) is 6.18. The SMILES string of the molecule is CNCC(C)(C)N1C(=O)CCc2cc(CN)ccc21. The number of nitrogens with zero attached hydrogens (tertiary/aromatic N) is 1. The number of carbonyl (C=O) groups is 1. The number of amides is 1. The Morgan fingerprint density at radius 3 is 2.74 bits per heavy atom. The molecule has 1 amide bonds. The van der Waals surface area contributed by atoms with Crippen LogP contribution in [-0.2, 0) is 17.8 Å². The Kier molecular flexibility index (Phi) is 3.92. The Bertz CT molecular complexity index is 482. The lowest BCUT2D eigenvalue weighted by atomic mass is 9.92. The number of nitrogens with two attached hydrogens (primary N) is 1. The van der Waals surface area contributed by atoms with Crippen molar-refractivity contribution >= 4 is 11.6 Å². The molecule has 0 unspecified atom stereocenters. The third-order valence-corrected chi connectivity index (χ3v) is 3.69. The fraction of sp³-hybridized carbons (Fsp3) is 0.533. The molecule has 0 radical (unpaired) electrons. The van der Waals surface area contributed by atoms with Crippen LogP contribution in [0.3, 0.4) is 0 Å². The van der Waals surface area contributed by atoms with Crippen LogP contribution >= 0.6 is 0 Å². The van der Waals surface area contributed by atoms with Crippen molar-refractivity contribution in [2.75, 3.05) is 18.5 Å². The highest BCUT2D eigenvalue weighted by molar-refractivity contribution is 5.97. The van der Waals surface area contributed by atoms with Gasteiger partial charge in [0.2, 0.25) is 5.91 Å². The van der Waals surface area contributed by atoms with Crippen LogP contribution in [0.2, 0.25) is 0 Å². The van der Waals surface area contributed by atoms with Gasteiger partial charge in [0.15, 0.2) is 0 Å². The molecule has 19 heavy (non-hydrogen) atoms. The van der Waals surface area contributed by atoms with E-state index in [2.05, 4.69) is 25.2 Å². The third-order valence-electron chi connectivity index (χ3n) is 3.69. The Labute approximate surface area is 115 Å². The van der Waals surface area contributed by atoms with E-state index in [1.165, 1.54) is 5.56 Å². The fourth-order valence-corrected chi connectivity index (χ4v) is 2.85. The lowest BCUT2D eigenvalue weighted by Crippen LogP contribution is -2.54. The zero-order valence-electron chi connectivity index (χ0n) is 12.0. The van der Waals surface area contributed by atoms with Crippen molar-refractivity contribution in [3.8, 4) is 0 Å². The number of likely N-dealkylation sites (N-methyl/N-ethyl adjacent to an activating group) is 1. The zero-order chi connectivity index (χ0) is 14.0. The smallest absolute Gasteiger partial charge is 0.227 e. The van der Waals surface area contributed by atoms with Gasteiger partial charge in [0.25, 0.3) is 0 Å². The number of hydrogen-bond donors (Lipinski definition) is 2. The average Bonchev–Trinajstić information content (AvgIpc) is 2.37. The minimum absolute atomic E-state index is 0.202. The van der Waals surface area contributed by atoms with Crippen LogP contribution in [0.15, 0.2) is 18.2 Å². The average molecular weight is 261 g/mol. The molecule has 3 N–H and O–H groups in total. The summed E-state index contributed by atoms with van der Waals surface area (Å²) in [6.45, 7) is 5.48. The van der Waals surface area contributed by atoms with Crippen LogP contribution in [0.4, 0.5) is 5.69 Å². The second kappa shape index (κ2) is 5.31. The van der Waals surface area contributed by atoms with E-state index in [0.29, 0.717) is 13.0 Å². The summed E-state index contributed by atoms with van der Waals surface area (Å²) in [4.78, 5) is 14.2. The number of anilines is 1. The van der Waals surface area contributed by atoms with E-state index in [9.17, 15) is 4.79 Å². The molecule has 1 heterocycles. The number of rotatable bonds is 4. The summed E-state index contributed by atoms with van der Waals surface area (Å²) in [5.41, 5.74) is 8.85. The van der Waals surface area contributed by atoms with Gasteiger partial charge in [-0.1, -0.05) is 12.1 Å². The van der Waals surface area contributed by atoms with Crippen molar-refractivity contribution in [2.45, 2.75) is 38.8 Å². The van der Waals surface area contributed by atoms with E-state index >= 15 is 0 Å². The summed E-state index contributed by atoms with van der Waals surface area (Å²) in [5.74, 6) is 0.202. The Morgan fingerprint density at radius 1 is 1.37 bits per heavy atom. The highest BCUT2D eigenvalue weighted by atomic mass is 16.2. The van der Waals surface area contributed by atoms with Crippen LogP contribution in [0.5, 0.6) is 0 Å². The number of aryl methyl sites for hydroxylation is 1. The first-order valence-corrected chi connectivity index (χ1v) is 6.79. The lowest BCUT2D eigenvalue weighted by Gasteiger charge is -2.42. The number of hydrogen-bond acceptors (Lipinski definition) is 3. The van der Waals surface area contributed by atoms with Gasteiger partial charge in [-0.25, -0.2) is 0 Å². The van der Waals surface area contributed by atoms with E-state index in [-0.39, 0.29) is 11.4 Å². The molecular weight excluding hydrogens is 238 g/mol. The highest BCUT2D eigenvalue weighted by Crippen LogP contribution is 2.33. The van der Waals surface area contributed by atoms with Gasteiger partial charge in [0, 0.05) is 25.2 Å². The summed E-state index contributed by atoms with van der Waals surface area (Å²) in [5, 5.41) is 3.17. The number of fused-ring (bicyclic) bond motifs is 1. The second-order valence-electron chi connectivity index (χ2n) is 5.74. The highest BCUT2D eigenvalue weighted by Gasteiger charge is 2.35. The molecule has 0 fully saturated rings. The molecule has 1 aliphatic rings. The minimum atomic E-state index is -0.231. The van der Waals surface area contributed by atoms with Gasteiger partial charge in [-0.2, -0.15) is 0 Å². The Hall–Kier alpha value is -1.39.